The van der Waals surface area contributed by atoms with Crippen LogP contribution in [0.4, 0.5) is 0 Å². The first-order valence-electron chi connectivity index (χ1n) is 5.69. The van der Waals surface area contributed by atoms with Crippen LogP contribution in [0.2, 0.25) is 0 Å². The highest BCUT2D eigenvalue weighted by Gasteiger charge is 2.32. The van der Waals surface area contributed by atoms with Gasteiger partial charge in [0.1, 0.15) is 0 Å². The summed E-state index contributed by atoms with van der Waals surface area (Å²) in [5.74, 6) is -0.827. The van der Waals surface area contributed by atoms with E-state index in [9.17, 15) is 0 Å². The number of ether oxygens (including phenoxy) is 1. The summed E-state index contributed by atoms with van der Waals surface area (Å²) in [6.07, 6.45) is 0. The molecule has 92 valence electrons. The normalized spacial score (nSPS) is 16.5. The maximum absolute atomic E-state index is 5.73. The van der Waals surface area contributed by atoms with Crippen LogP contribution in [0.3, 0.4) is 0 Å². The monoisotopic (exact) mass is 234 g/mol. The average Bonchev–Trinajstić information content (AvgIpc) is 2.63. The number of para-hydroxylation sites is 2. The topological polar surface area (TPSA) is 63.2 Å². The van der Waals surface area contributed by atoms with Gasteiger partial charge >= 0.3 is 0 Å². The van der Waals surface area contributed by atoms with E-state index in [-0.39, 0.29) is 0 Å². The van der Waals surface area contributed by atoms with Crippen molar-refractivity contribution in [3.05, 3.63) is 35.0 Å². The minimum Gasteiger partial charge on any atom is -0.333 e. The fourth-order valence-electron chi connectivity index (χ4n) is 1.87. The molecule has 0 aliphatic carbocycles. The first-order valence-corrected chi connectivity index (χ1v) is 5.69. The third kappa shape index (κ3) is 2.69. The van der Waals surface area contributed by atoms with Gasteiger partial charge in [-0.25, -0.2) is 9.98 Å². The summed E-state index contributed by atoms with van der Waals surface area (Å²) in [4.78, 5) is 11.2. The van der Waals surface area contributed by atoms with Gasteiger partial charge in [-0.3, -0.25) is 0 Å². The molecule has 0 amide bonds. The molecular formula is C12H18N4O. The molecule has 0 saturated carbocycles. The molecule has 1 heterocycles. The fourth-order valence-corrected chi connectivity index (χ4v) is 1.87. The Morgan fingerprint density at radius 3 is 2.29 bits per heavy atom. The standard InChI is InChI=1S/C12H18N4O/c1-16(2)9-12(17-8-7-13)14-10-5-3-4-6-11(10)15-12/h3-6H,7-9,13H2,1-2H3. The van der Waals surface area contributed by atoms with Crippen LogP contribution in [-0.4, -0.2) is 44.5 Å². The third-order valence-corrected chi connectivity index (χ3v) is 2.45. The summed E-state index contributed by atoms with van der Waals surface area (Å²) in [6, 6.07) is 7.79. The van der Waals surface area contributed by atoms with Gasteiger partial charge in [0.25, 0.3) is 5.85 Å². The molecule has 1 aromatic rings. The largest absolute Gasteiger partial charge is 0.333 e. The third-order valence-electron chi connectivity index (χ3n) is 2.45. The number of likely N-dealkylation sites (N-methyl/N-ethyl adjacent to an activating group) is 1. The van der Waals surface area contributed by atoms with E-state index >= 15 is 0 Å². The van der Waals surface area contributed by atoms with Crippen molar-refractivity contribution in [3.63, 3.8) is 0 Å². The van der Waals surface area contributed by atoms with Gasteiger partial charge in [0.05, 0.1) is 23.9 Å². The number of nitrogens with two attached hydrogens (primary N) is 1. The second-order valence-electron chi connectivity index (χ2n) is 4.33. The molecule has 1 aliphatic rings. The van der Waals surface area contributed by atoms with Crippen molar-refractivity contribution in [3.8, 4) is 0 Å². The number of hydrogen-bond acceptors (Lipinski definition) is 5. The van der Waals surface area contributed by atoms with Crippen LogP contribution < -0.4 is 16.4 Å². The summed E-state index contributed by atoms with van der Waals surface area (Å²) in [5, 5.41) is 1.76. The summed E-state index contributed by atoms with van der Waals surface area (Å²) < 4.78 is 5.73. The molecule has 0 fully saturated rings. The lowest BCUT2D eigenvalue weighted by Crippen LogP contribution is -2.40. The van der Waals surface area contributed by atoms with Crippen LogP contribution in [0.5, 0.6) is 0 Å². The molecule has 5 heteroatoms. The van der Waals surface area contributed by atoms with E-state index in [0.29, 0.717) is 19.7 Å². The highest BCUT2D eigenvalue weighted by atomic mass is 16.5. The highest BCUT2D eigenvalue weighted by Crippen LogP contribution is 2.16. The molecule has 0 bridgehead atoms. The summed E-state index contributed by atoms with van der Waals surface area (Å²) in [5.41, 5.74) is 5.48. The van der Waals surface area contributed by atoms with Gasteiger partial charge in [0.15, 0.2) is 0 Å². The molecule has 0 radical (unpaired) electrons. The predicted molar refractivity (Wildman–Crippen MR) is 65.0 cm³/mol. The number of rotatable bonds is 5. The number of fused-ring (bicyclic) bond motifs is 1. The summed E-state index contributed by atoms with van der Waals surface area (Å²) in [6.45, 7) is 1.53. The number of hydrogen-bond donors (Lipinski definition) is 1. The lowest BCUT2D eigenvalue weighted by molar-refractivity contribution is -0.0446. The van der Waals surface area contributed by atoms with E-state index in [2.05, 4.69) is 9.98 Å². The molecular weight excluding hydrogens is 216 g/mol. The van der Waals surface area contributed by atoms with Crippen LogP contribution in [0.1, 0.15) is 0 Å². The maximum Gasteiger partial charge on any atom is 0.271 e. The predicted octanol–water partition coefficient (Wildman–Crippen LogP) is -0.870. The quantitative estimate of drug-likeness (QED) is 0.720. The summed E-state index contributed by atoms with van der Waals surface area (Å²) in [7, 11) is 3.95. The Hall–Kier alpha value is -1.30. The molecule has 2 rings (SSSR count). The maximum atomic E-state index is 5.73. The highest BCUT2D eigenvalue weighted by molar-refractivity contribution is 5.06. The summed E-state index contributed by atoms with van der Waals surface area (Å²) >= 11 is 0. The molecule has 1 aromatic carbocycles. The molecule has 0 unspecified atom stereocenters. The molecule has 5 nitrogen and oxygen atoms in total. The minimum absolute atomic E-state index is 0.453. The molecule has 0 atom stereocenters. The van der Waals surface area contributed by atoms with E-state index in [1.165, 1.54) is 0 Å². The smallest absolute Gasteiger partial charge is 0.271 e. The van der Waals surface area contributed by atoms with Crippen LogP contribution in [0.15, 0.2) is 34.3 Å². The van der Waals surface area contributed by atoms with E-state index in [0.717, 1.165) is 10.7 Å². The number of benzene rings is 1. The van der Waals surface area contributed by atoms with Gasteiger partial charge in [0, 0.05) is 6.54 Å². The van der Waals surface area contributed by atoms with Crippen molar-refractivity contribution in [2.75, 3.05) is 33.8 Å². The van der Waals surface area contributed by atoms with Gasteiger partial charge in [-0.1, -0.05) is 12.1 Å². The van der Waals surface area contributed by atoms with E-state index in [1.807, 2.05) is 43.3 Å². The van der Waals surface area contributed by atoms with Crippen molar-refractivity contribution in [1.82, 2.24) is 4.90 Å². The Balaban J connectivity index is 2.34. The molecule has 0 saturated heterocycles. The lowest BCUT2D eigenvalue weighted by atomic mass is 10.3. The zero-order chi connectivity index (χ0) is 12.3. The Labute approximate surface area is 101 Å². The SMILES string of the molecule is CN(C)CC1(OCCN)N=c2ccccc2=N1. The Kier molecular flexibility index (Phi) is 3.51. The van der Waals surface area contributed by atoms with Gasteiger partial charge in [0.2, 0.25) is 0 Å². The Bertz CT molecular complexity index is 462. The number of nitrogens with zero attached hydrogens (tertiary/aromatic N) is 3. The zero-order valence-electron chi connectivity index (χ0n) is 10.3. The first kappa shape index (κ1) is 12.2. The first-order chi connectivity index (χ1) is 8.15. The second-order valence-corrected chi connectivity index (χ2v) is 4.33. The van der Waals surface area contributed by atoms with E-state index in [1.54, 1.807) is 0 Å². The van der Waals surface area contributed by atoms with Crippen molar-refractivity contribution in [2.24, 2.45) is 15.7 Å². The van der Waals surface area contributed by atoms with Crippen molar-refractivity contribution in [2.45, 2.75) is 5.85 Å². The Morgan fingerprint density at radius 1 is 1.24 bits per heavy atom. The van der Waals surface area contributed by atoms with Gasteiger partial charge in [-0.05, 0) is 26.2 Å². The van der Waals surface area contributed by atoms with Crippen LogP contribution in [-0.2, 0) is 4.74 Å². The fraction of sp³-hybridized carbons (Fsp3) is 0.500. The van der Waals surface area contributed by atoms with Gasteiger partial charge in [-0.2, -0.15) is 0 Å². The van der Waals surface area contributed by atoms with Crippen LogP contribution >= 0.6 is 0 Å². The van der Waals surface area contributed by atoms with Crippen molar-refractivity contribution < 1.29 is 4.74 Å². The molecule has 2 N–H and O–H groups in total. The zero-order valence-corrected chi connectivity index (χ0v) is 10.3. The lowest BCUT2D eigenvalue weighted by Gasteiger charge is -2.26. The van der Waals surface area contributed by atoms with Crippen LogP contribution in [0, 0.1) is 0 Å². The van der Waals surface area contributed by atoms with E-state index in [4.69, 9.17) is 10.5 Å². The molecule has 0 aromatic heterocycles. The van der Waals surface area contributed by atoms with Gasteiger partial charge < -0.3 is 15.4 Å². The average molecular weight is 234 g/mol. The Morgan fingerprint density at radius 2 is 1.82 bits per heavy atom. The van der Waals surface area contributed by atoms with Gasteiger partial charge in [-0.15, -0.1) is 0 Å². The molecule has 0 spiro atoms. The van der Waals surface area contributed by atoms with E-state index < -0.39 is 5.85 Å². The minimum atomic E-state index is -0.827. The van der Waals surface area contributed by atoms with Crippen molar-refractivity contribution in [1.29, 1.82) is 0 Å². The van der Waals surface area contributed by atoms with Crippen LogP contribution in [0.25, 0.3) is 0 Å². The molecule has 17 heavy (non-hydrogen) atoms. The van der Waals surface area contributed by atoms with Crippen molar-refractivity contribution >= 4 is 0 Å². The molecule has 1 aliphatic heterocycles. The second kappa shape index (κ2) is 4.91.